The number of hydrogen-bond donors (Lipinski definition) is 2. The molecule has 3 heterocycles. The second-order valence-electron chi connectivity index (χ2n) is 3.76. The van der Waals surface area contributed by atoms with Crippen molar-refractivity contribution in [3.8, 4) is 23.1 Å². The lowest BCUT2D eigenvalue weighted by molar-refractivity contribution is 0.431. The van der Waals surface area contributed by atoms with Gasteiger partial charge in [-0.05, 0) is 23.8 Å². The van der Waals surface area contributed by atoms with Crippen LogP contribution in [-0.2, 0) is 6.54 Å². The second kappa shape index (κ2) is 4.42. The SMILES string of the molecule is NCc1ccc(-c2nc(-c3ccc[nH]3)no2)nc1. The fraction of sp³-hybridized carbons (Fsp3) is 0.0833. The average molecular weight is 241 g/mol. The molecule has 6 nitrogen and oxygen atoms in total. The number of nitrogens with two attached hydrogens (primary N) is 1. The highest BCUT2D eigenvalue weighted by molar-refractivity contribution is 5.54. The Kier molecular flexibility index (Phi) is 2.62. The first-order chi connectivity index (χ1) is 8.86. The Morgan fingerprint density at radius 2 is 2.22 bits per heavy atom. The zero-order valence-electron chi connectivity index (χ0n) is 9.50. The molecule has 0 aliphatic carbocycles. The Labute approximate surface area is 103 Å². The highest BCUT2D eigenvalue weighted by Gasteiger charge is 2.11. The predicted molar refractivity (Wildman–Crippen MR) is 65.2 cm³/mol. The van der Waals surface area contributed by atoms with Gasteiger partial charge in [0.25, 0.3) is 5.89 Å². The predicted octanol–water partition coefficient (Wildman–Crippen LogP) is 1.59. The van der Waals surface area contributed by atoms with Crippen LogP contribution in [0.3, 0.4) is 0 Å². The maximum atomic E-state index is 5.51. The first-order valence-electron chi connectivity index (χ1n) is 5.49. The summed E-state index contributed by atoms with van der Waals surface area (Å²) in [6.45, 7) is 0.463. The van der Waals surface area contributed by atoms with E-state index in [9.17, 15) is 0 Å². The lowest BCUT2D eigenvalue weighted by atomic mass is 10.2. The van der Waals surface area contributed by atoms with Crippen molar-refractivity contribution in [2.24, 2.45) is 5.73 Å². The number of aromatic amines is 1. The number of rotatable bonds is 3. The molecular formula is C12H11N5O. The average Bonchev–Trinajstić information content (AvgIpc) is 3.09. The van der Waals surface area contributed by atoms with Gasteiger partial charge in [0.15, 0.2) is 0 Å². The van der Waals surface area contributed by atoms with Crippen LogP contribution in [0.25, 0.3) is 23.1 Å². The van der Waals surface area contributed by atoms with E-state index < -0.39 is 0 Å². The summed E-state index contributed by atoms with van der Waals surface area (Å²) < 4.78 is 5.17. The minimum Gasteiger partial charge on any atom is -0.359 e. The van der Waals surface area contributed by atoms with Gasteiger partial charge < -0.3 is 15.2 Å². The number of nitrogens with zero attached hydrogens (tertiary/aromatic N) is 3. The lowest BCUT2D eigenvalue weighted by Crippen LogP contribution is -1.96. The van der Waals surface area contributed by atoms with Gasteiger partial charge in [-0.1, -0.05) is 11.2 Å². The summed E-state index contributed by atoms with van der Waals surface area (Å²) >= 11 is 0. The van der Waals surface area contributed by atoms with Crippen molar-refractivity contribution in [1.29, 1.82) is 0 Å². The minimum atomic E-state index is 0.392. The zero-order valence-corrected chi connectivity index (χ0v) is 9.50. The molecule has 3 rings (SSSR count). The van der Waals surface area contributed by atoms with Crippen LogP contribution in [0.5, 0.6) is 0 Å². The molecule has 18 heavy (non-hydrogen) atoms. The van der Waals surface area contributed by atoms with Crippen LogP contribution in [0.4, 0.5) is 0 Å². The zero-order chi connectivity index (χ0) is 12.4. The van der Waals surface area contributed by atoms with E-state index in [1.807, 2.05) is 24.3 Å². The van der Waals surface area contributed by atoms with Crippen LogP contribution in [0.2, 0.25) is 0 Å². The monoisotopic (exact) mass is 241 g/mol. The van der Waals surface area contributed by atoms with Gasteiger partial charge in [0.05, 0.1) is 5.69 Å². The van der Waals surface area contributed by atoms with E-state index >= 15 is 0 Å². The maximum Gasteiger partial charge on any atom is 0.276 e. The van der Waals surface area contributed by atoms with Crippen molar-refractivity contribution < 1.29 is 4.52 Å². The fourth-order valence-electron chi connectivity index (χ4n) is 1.58. The van der Waals surface area contributed by atoms with Crippen LogP contribution in [-0.4, -0.2) is 20.1 Å². The van der Waals surface area contributed by atoms with Crippen molar-refractivity contribution in [3.63, 3.8) is 0 Å². The van der Waals surface area contributed by atoms with Crippen LogP contribution in [0, 0.1) is 0 Å². The summed E-state index contributed by atoms with van der Waals surface area (Å²) in [5, 5.41) is 3.90. The molecule has 0 aromatic carbocycles. The smallest absolute Gasteiger partial charge is 0.276 e. The van der Waals surface area contributed by atoms with Crippen molar-refractivity contribution in [2.45, 2.75) is 6.54 Å². The summed E-state index contributed by atoms with van der Waals surface area (Å²) in [5.74, 6) is 0.905. The summed E-state index contributed by atoms with van der Waals surface area (Å²) in [4.78, 5) is 11.5. The number of nitrogens with one attached hydrogen (secondary N) is 1. The summed E-state index contributed by atoms with van der Waals surface area (Å²) in [6.07, 6.45) is 3.51. The summed E-state index contributed by atoms with van der Waals surface area (Å²) in [5.41, 5.74) is 7.92. The molecule has 0 amide bonds. The van der Waals surface area contributed by atoms with Crippen LogP contribution < -0.4 is 5.73 Å². The van der Waals surface area contributed by atoms with Gasteiger partial charge in [-0.25, -0.2) is 0 Å². The normalized spacial score (nSPS) is 10.7. The van der Waals surface area contributed by atoms with Crippen LogP contribution in [0.1, 0.15) is 5.56 Å². The molecule has 0 aliphatic rings. The molecule has 0 bridgehead atoms. The summed E-state index contributed by atoms with van der Waals surface area (Å²) in [6, 6.07) is 7.45. The molecule has 0 spiro atoms. The van der Waals surface area contributed by atoms with Crippen molar-refractivity contribution >= 4 is 0 Å². The Balaban J connectivity index is 1.92. The third-order valence-corrected chi connectivity index (χ3v) is 2.54. The van der Waals surface area contributed by atoms with Gasteiger partial charge in [0.2, 0.25) is 5.82 Å². The van der Waals surface area contributed by atoms with Crippen LogP contribution in [0.15, 0.2) is 41.2 Å². The Morgan fingerprint density at radius 1 is 1.28 bits per heavy atom. The topological polar surface area (TPSA) is 93.6 Å². The number of pyridine rings is 1. The summed E-state index contributed by atoms with van der Waals surface area (Å²) in [7, 11) is 0. The molecule has 0 atom stereocenters. The first-order valence-corrected chi connectivity index (χ1v) is 5.49. The molecule has 90 valence electrons. The first kappa shape index (κ1) is 10.7. The van der Waals surface area contributed by atoms with E-state index in [4.69, 9.17) is 10.3 Å². The molecule has 0 saturated heterocycles. The quantitative estimate of drug-likeness (QED) is 0.726. The third kappa shape index (κ3) is 1.89. The molecule has 3 aromatic rings. The molecule has 0 aliphatic heterocycles. The molecule has 0 saturated carbocycles. The maximum absolute atomic E-state index is 5.51. The molecule has 3 N–H and O–H groups in total. The largest absolute Gasteiger partial charge is 0.359 e. The van der Waals surface area contributed by atoms with Gasteiger partial charge in [0, 0.05) is 18.9 Å². The Hall–Kier alpha value is -2.47. The van der Waals surface area contributed by atoms with E-state index in [2.05, 4.69) is 20.1 Å². The van der Waals surface area contributed by atoms with Crippen molar-refractivity contribution in [2.75, 3.05) is 0 Å². The molecule has 6 heteroatoms. The van der Waals surface area contributed by atoms with Gasteiger partial charge >= 0.3 is 0 Å². The van der Waals surface area contributed by atoms with Crippen LogP contribution >= 0.6 is 0 Å². The second-order valence-corrected chi connectivity index (χ2v) is 3.76. The minimum absolute atomic E-state index is 0.392. The van der Waals surface area contributed by atoms with E-state index in [1.54, 1.807) is 12.4 Å². The molecular weight excluding hydrogens is 230 g/mol. The Bertz CT molecular complexity index is 627. The molecule has 0 unspecified atom stereocenters. The standard InChI is InChI=1S/C12H11N5O/c13-6-8-3-4-10(15-7-8)12-16-11(17-18-12)9-2-1-5-14-9/h1-5,7,14H,6,13H2. The van der Waals surface area contributed by atoms with E-state index in [-0.39, 0.29) is 0 Å². The van der Waals surface area contributed by atoms with Gasteiger partial charge in [0.1, 0.15) is 5.69 Å². The molecule has 0 fully saturated rings. The van der Waals surface area contributed by atoms with E-state index in [1.165, 1.54) is 0 Å². The van der Waals surface area contributed by atoms with Gasteiger partial charge in [-0.15, -0.1) is 0 Å². The van der Waals surface area contributed by atoms with Gasteiger partial charge in [-0.2, -0.15) is 4.98 Å². The lowest BCUT2D eigenvalue weighted by Gasteiger charge is -1.96. The number of H-pyrrole nitrogens is 1. The number of aromatic nitrogens is 4. The number of hydrogen-bond acceptors (Lipinski definition) is 5. The highest BCUT2D eigenvalue weighted by Crippen LogP contribution is 2.19. The molecule has 3 aromatic heterocycles. The molecule has 0 radical (unpaired) electrons. The van der Waals surface area contributed by atoms with Crippen molar-refractivity contribution in [3.05, 3.63) is 42.2 Å². The van der Waals surface area contributed by atoms with E-state index in [0.717, 1.165) is 11.3 Å². The van der Waals surface area contributed by atoms with Gasteiger partial charge in [-0.3, -0.25) is 4.98 Å². The fourth-order valence-corrected chi connectivity index (χ4v) is 1.58. The Morgan fingerprint density at radius 3 is 2.89 bits per heavy atom. The van der Waals surface area contributed by atoms with E-state index in [0.29, 0.717) is 24.0 Å². The highest BCUT2D eigenvalue weighted by atomic mass is 16.5. The van der Waals surface area contributed by atoms with Crippen molar-refractivity contribution in [1.82, 2.24) is 20.1 Å². The third-order valence-electron chi connectivity index (χ3n) is 2.54.